The van der Waals surface area contributed by atoms with E-state index in [2.05, 4.69) is 5.32 Å². The van der Waals surface area contributed by atoms with Crippen LogP contribution in [0.15, 0.2) is 59.5 Å². The first kappa shape index (κ1) is 24.6. The van der Waals surface area contributed by atoms with Gasteiger partial charge in [-0.15, -0.1) is 0 Å². The van der Waals surface area contributed by atoms with Crippen LogP contribution in [0.4, 0.5) is 0 Å². The molecule has 4 rings (SSSR count). The van der Waals surface area contributed by atoms with E-state index >= 15 is 0 Å². The predicted octanol–water partition coefficient (Wildman–Crippen LogP) is 1.91. The van der Waals surface area contributed by atoms with Crippen LogP contribution in [0, 0.1) is 0 Å². The number of carbonyl (C=O) groups is 1. The summed E-state index contributed by atoms with van der Waals surface area (Å²) >= 11 is 0. The minimum absolute atomic E-state index is 0.00255. The molecule has 0 radical (unpaired) electrons. The van der Waals surface area contributed by atoms with Gasteiger partial charge in [0.1, 0.15) is 11.5 Å². The van der Waals surface area contributed by atoms with Crippen molar-refractivity contribution < 1.29 is 32.5 Å². The maximum atomic E-state index is 13.6. The average molecular weight is 491 g/mol. The number of nitrogens with zero attached hydrogens (tertiary/aromatic N) is 1. The molecular formula is C24H30N2O7S. The second-order valence-electron chi connectivity index (χ2n) is 8.47. The quantitative estimate of drug-likeness (QED) is 0.636. The average Bonchev–Trinajstić information content (AvgIpc) is 2.82. The zero-order valence-electron chi connectivity index (χ0n) is 19.0. The zero-order chi connectivity index (χ0) is 24.1. The van der Waals surface area contributed by atoms with Crippen LogP contribution < -0.4 is 10.1 Å². The number of fused-ring (bicyclic) bond motifs is 1. The van der Waals surface area contributed by atoms with Crippen LogP contribution in [0.3, 0.4) is 0 Å². The summed E-state index contributed by atoms with van der Waals surface area (Å²) in [4.78, 5) is 11.9. The van der Waals surface area contributed by atoms with Crippen molar-refractivity contribution in [1.29, 1.82) is 0 Å². The number of carbonyl (C=O) groups excluding carboxylic acids is 1. The Kier molecular flexibility index (Phi) is 7.84. The highest BCUT2D eigenvalue weighted by Crippen LogP contribution is 2.32. The van der Waals surface area contributed by atoms with Gasteiger partial charge in [-0.25, -0.2) is 8.42 Å². The van der Waals surface area contributed by atoms with Crippen LogP contribution >= 0.6 is 0 Å². The number of aliphatic hydroxyl groups is 1. The molecule has 9 nitrogen and oxygen atoms in total. The molecule has 2 fully saturated rings. The predicted molar refractivity (Wildman–Crippen MR) is 124 cm³/mol. The maximum Gasteiger partial charge on any atom is 0.243 e. The van der Waals surface area contributed by atoms with Crippen molar-refractivity contribution in [1.82, 2.24) is 9.62 Å². The maximum absolute atomic E-state index is 13.6. The van der Waals surface area contributed by atoms with Crippen LogP contribution in [0.25, 0.3) is 0 Å². The van der Waals surface area contributed by atoms with E-state index in [0.29, 0.717) is 24.3 Å². The molecule has 2 N–H and O–H groups in total. The fourth-order valence-corrected chi connectivity index (χ4v) is 6.04. The Labute approximate surface area is 199 Å². The molecule has 2 aromatic rings. The number of benzene rings is 2. The van der Waals surface area contributed by atoms with Crippen molar-refractivity contribution in [3.63, 3.8) is 0 Å². The summed E-state index contributed by atoms with van der Waals surface area (Å²) in [6.07, 6.45) is -0.575. The SMILES string of the molecule is CNC(=O)C[C@H]1CC[C@H]2[C@@H](COC[C@@H](O)CN2S(=O)(=O)c2ccc(Oc3ccccc3)cc2)O1. The van der Waals surface area contributed by atoms with E-state index in [-0.39, 0.29) is 43.1 Å². The molecule has 2 aliphatic heterocycles. The molecule has 2 aromatic carbocycles. The number of nitrogens with one attached hydrogen (secondary N) is 1. The molecule has 4 atom stereocenters. The lowest BCUT2D eigenvalue weighted by molar-refractivity contribution is -0.146. The molecule has 2 heterocycles. The molecule has 0 spiro atoms. The summed E-state index contributed by atoms with van der Waals surface area (Å²) in [5.41, 5.74) is 0. The number of β-amino-alcohol motifs (C(OH)–C–C–N with tert-alkyl or cyclic N) is 1. The second kappa shape index (κ2) is 10.8. The normalized spacial score (nSPS) is 26.1. The number of ether oxygens (including phenoxy) is 3. The molecule has 0 saturated carbocycles. The molecule has 2 saturated heterocycles. The zero-order valence-corrected chi connectivity index (χ0v) is 19.8. The van der Waals surface area contributed by atoms with Gasteiger partial charge in [0.05, 0.1) is 48.9 Å². The minimum Gasteiger partial charge on any atom is -0.457 e. The first-order chi connectivity index (χ1) is 16.4. The van der Waals surface area contributed by atoms with Gasteiger partial charge in [-0.2, -0.15) is 4.31 Å². The van der Waals surface area contributed by atoms with Gasteiger partial charge in [-0.05, 0) is 49.2 Å². The van der Waals surface area contributed by atoms with E-state index < -0.39 is 28.3 Å². The summed E-state index contributed by atoms with van der Waals surface area (Å²) in [7, 11) is -2.37. The van der Waals surface area contributed by atoms with Crippen molar-refractivity contribution in [3.05, 3.63) is 54.6 Å². The highest BCUT2D eigenvalue weighted by Gasteiger charge is 2.43. The van der Waals surface area contributed by atoms with Gasteiger partial charge in [0, 0.05) is 13.6 Å². The van der Waals surface area contributed by atoms with Gasteiger partial charge in [0.25, 0.3) is 0 Å². The topological polar surface area (TPSA) is 114 Å². The number of rotatable bonds is 6. The third-order valence-corrected chi connectivity index (χ3v) is 7.94. The van der Waals surface area contributed by atoms with Crippen LogP contribution in [0.2, 0.25) is 0 Å². The largest absolute Gasteiger partial charge is 0.457 e. The monoisotopic (exact) mass is 490 g/mol. The molecular weight excluding hydrogens is 460 g/mol. The Bertz CT molecular complexity index is 1060. The third-order valence-electron chi connectivity index (χ3n) is 6.03. The molecule has 10 heteroatoms. The first-order valence-corrected chi connectivity index (χ1v) is 12.8. The molecule has 0 unspecified atom stereocenters. The fraction of sp³-hybridized carbons (Fsp3) is 0.458. The number of hydrogen-bond donors (Lipinski definition) is 2. The second-order valence-corrected chi connectivity index (χ2v) is 10.4. The Morgan fingerprint density at radius 2 is 1.79 bits per heavy atom. The van der Waals surface area contributed by atoms with Gasteiger partial charge < -0.3 is 24.6 Å². The lowest BCUT2D eigenvalue weighted by Gasteiger charge is -2.43. The van der Waals surface area contributed by atoms with Gasteiger partial charge in [0.15, 0.2) is 0 Å². The number of hydrogen-bond acceptors (Lipinski definition) is 7. The van der Waals surface area contributed by atoms with E-state index in [1.807, 2.05) is 30.3 Å². The van der Waals surface area contributed by atoms with E-state index in [1.54, 1.807) is 19.2 Å². The van der Waals surface area contributed by atoms with Crippen LogP contribution in [0.1, 0.15) is 19.3 Å². The smallest absolute Gasteiger partial charge is 0.243 e. The van der Waals surface area contributed by atoms with Crippen molar-refractivity contribution in [2.75, 3.05) is 26.8 Å². The lowest BCUT2D eigenvalue weighted by Crippen LogP contribution is -2.57. The number of sulfonamides is 1. The summed E-state index contributed by atoms with van der Waals surface area (Å²) in [5, 5.41) is 12.9. The van der Waals surface area contributed by atoms with Gasteiger partial charge in [0.2, 0.25) is 15.9 Å². The summed E-state index contributed by atoms with van der Waals surface area (Å²) in [5.74, 6) is 1.04. The van der Waals surface area contributed by atoms with Crippen molar-refractivity contribution >= 4 is 15.9 Å². The highest BCUT2D eigenvalue weighted by molar-refractivity contribution is 7.89. The van der Waals surface area contributed by atoms with Gasteiger partial charge >= 0.3 is 0 Å². The molecule has 1 amide bonds. The number of amides is 1. The fourth-order valence-electron chi connectivity index (χ4n) is 4.32. The van der Waals surface area contributed by atoms with Gasteiger partial charge in [-0.3, -0.25) is 4.79 Å². The van der Waals surface area contributed by atoms with E-state index in [0.717, 1.165) is 0 Å². The minimum atomic E-state index is -3.94. The number of aliphatic hydroxyl groups excluding tert-OH is 1. The van der Waals surface area contributed by atoms with Crippen molar-refractivity contribution in [2.24, 2.45) is 0 Å². The van der Waals surface area contributed by atoms with E-state index in [1.165, 1.54) is 16.4 Å². The Hall–Kier alpha value is -2.50. The summed E-state index contributed by atoms with van der Waals surface area (Å²) < 4.78 is 46.0. The first-order valence-electron chi connectivity index (χ1n) is 11.3. The van der Waals surface area contributed by atoms with E-state index in [9.17, 15) is 18.3 Å². The highest BCUT2D eigenvalue weighted by atomic mass is 32.2. The molecule has 184 valence electrons. The lowest BCUT2D eigenvalue weighted by atomic mass is 9.96. The molecule has 2 aliphatic rings. The van der Waals surface area contributed by atoms with Crippen LogP contribution in [-0.2, 0) is 24.3 Å². The third kappa shape index (κ3) is 5.76. The van der Waals surface area contributed by atoms with Crippen molar-refractivity contribution in [3.8, 4) is 11.5 Å². The molecule has 0 bridgehead atoms. The Morgan fingerprint density at radius 3 is 2.50 bits per heavy atom. The standard InChI is InChI=1S/C24H30N2O7S/c1-25-24(28)13-20-9-12-22-23(33-20)16-31-15-17(27)14-26(22)34(29,30)21-10-7-19(8-11-21)32-18-5-3-2-4-6-18/h2-8,10-11,17,20,22-23,27H,9,12-16H2,1H3,(H,25,28)/t17-,20+,22-,23+/m0/s1. The van der Waals surface area contributed by atoms with Crippen LogP contribution in [-0.4, -0.2) is 74.9 Å². The summed E-state index contributed by atoms with van der Waals surface area (Å²) in [6.45, 7) is 0.0413. The number of para-hydroxylation sites is 1. The molecule has 0 aliphatic carbocycles. The summed E-state index contributed by atoms with van der Waals surface area (Å²) in [6, 6.07) is 14.9. The Balaban J connectivity index is 1.54. The van der Waals surface area contributed by atoms with Crippen LogP contribution in [0.5, 0.6) is 11.5 Å². The molecule has 0 aromatic heterocycles. The van der Waals surface area contributed by atoms with E-state index in [4.69, 9.17) is 14.2 Å². The molecule has 34 heavy (non-hydrogen) atoms. The van der Waals surface area contributed by atoms with Gasteiger partial charge in [-0.1, -0.05) is 18.2 Å². The van der Waals surface area contributed by atoms with Crippen molar-refractivity contribution in [2.45, 2.75) is 48.5 Å². The Morgan fingerprint density at radius 1 is 1.09 bits per heavy atom.